The second-order valence-corrected chi connectivity index (χ2v) is 6.23. The molecule has 23 heavy (non-hydrogen) atoms. The Morgan fingerprint density at radius 1 is 1.39 bits per heavy atom. The largest absolute Gasteiger partial charge is 0.480 e. The fraction of sp³-hybridized carbons (Fsp3) is 0.467. The molecule has 3 heterocycles. The van der Waals surface area contributed by atoms with E-state index in [9.17, 15) is 14.7 Å². The summed E-state index contributed by atoms with van der Waals surface area (Å²) >= 11 is 1.54. The van der Waals surface area contributed by atoms with E-state index in [0.717, 1.165) is 18.4 Å². The smallest absolute Gasteiger partial charge is 0.326 e. The molecule has 0 radical (unpaired) electrons. The molecule has 1 amide bonds. The minimum atomic E-state index is -0.935. The Hall–Kier alpha value is -2.22. The second kappa shape index (κ2) is 6.91. The molecular formula is C15H17N3O4S. The lowest BCUT2D eigenvalue weighted by Gasteiger charge is -2.32. The first-order chi connectivity index (χ1) is 11.1. The SMILES string of the molecule is O=C(O)[C@H]1CCCCN1C(=O)CCc1nnc(-c2ccsc2)o1. The van der Waals surface area contributed by atoms with Gasteiger partial charge in [0.1, 0.15) is 6.04 Å². The average molecular weight is 335 g/mol. The molecule has 1 aliphatic heterocycles. The van der Waals surface area contributed by atoms with Gasteiger partial charge in [-0.25, -0.2) is 4.79 Å². The van der Waals surface area contributed by atoms with E-state index in [2.05, 4.69) is 10.2 Å². The van der Waals surface area contributed by atoms with E-state index in [1.165, 1.54) is 16.2 Å². The fourth-order valence-electron chi connectivity index (χ4n) is 2.70. The van der Waals surface area contributed by atoms with Crippen LogP contribution in [-0.2, 0) is 16.0 Å². The van der Waals surface area contributed by atoms with Crippen molar-refractivity contribution in [1.82, 2.24) is 15.1 Å². The Morgan fingerprint density at radius 3 is 3.00 bits per heavy atom. The van der Waals surface area contributed by atoms with Gasteiger partial charge in [0.15, 0.2) is 0 Å². The summed E-state index contributed by atoms with van der Waals surface area (Å²) in [7, 11) is 0. The second-order valence-electron chi connectivity index (χ2n) is 5.45. The number of carbonyl (C=O) groups is 2. The van der Waals surface area contributed by atoms with Crippen LogP contribution in [-0.4, -0.2) is 44.7 Å². The first-order valence-corrected chi connectivity index (χ1v) is 8.46. The molecule has 2 aromatic rings. The maximum absolute atomic E-state index is 12.3. The molecule has 1 fully saturated rings. The normalized spacial score (nSPS) is 18.1. The van der Waals surface area contributed by atoms with Gasteiger partial charge in [0, 0.05) is 30.3 Å². The van der Waals surface area contributed by atoms with Crippen molar-refractivity contribution in [2.45, 2.75) is 38.1 Å². The number of amides is 1. The number of carboxylic acids is 1. The van der Waals surface area contributed by atoms with Crippen LogP contribution in [0, 0.1) is 0 Å². The van der Waals surface area contributed by atoms with Gasteiger partial charge in [-0.05, 0) is 30.7 Å². The van der Waals surface area contributed by atoms with Gasteiger partial charge in [-0.2, -0.15) is 11.3 Å². The number of piperidine rings is 1. The summed E-state index contributed by atoms with van der Waals surface area (Å²) in [6.07, 6.45) is 2.70. The number of aromatic nitrogens is 2. The van der Waals surface area contributed by atoms with E-state index in [0.29, 0.717) is 31.2 Å². The number of rotatable bonds is 5. The van der Waals surface area contributed by atoms with Crippen molar-refractivity contribution < 1.29 is 19.1 Å². The van der Waals surface area contributed by atoms with Gasteiger partial charge >= 0.3 is 5.97 Å². The van der Waals surface area contributed by atoms with Gasteiger partial charge in [0.2, 0.25) is 17.7 Å². The molecule has 1 atom stereocenters. The Morgan fingerprint density at radius 2 is 2.26 bits per heavy atom. The predicted octanol–water partition coefficient (Wildman–Crippen LogP) is 2.20. The summed E-state index contributed by atoms with van der Waals surface area (Å²) < 4.78 is 5.54. The molecule has 0 aliphatic carbocycles. The van der Waals surface area contributed by atoms with Crippen molar-refractivity contribution in [1.29, 1.82) is 0 Å². The monoisotopic (exact) mass is 335 g/mol. The van der Waals surface area contributed by atoms with Crippen molar-refractivity contribution in [2.24, 2.45) is 0 Å². The van der Waals surface area contributed by atoms with Crippen LogP contribution in [0.5, 0.6) is 0 Å². The van der Waals surface area contributed by atoms with Gasteiger partial charge in [0.25, 0.3) is 0 Å². The molecule has 3 rings (SSSR count). The first kappa shape index (κ1) is 15.7. The number of hydrogen-bond donors (Lipinski definition) is 1. The van der Waals surface area contributed by atoms with E-state index in [-0.39, 0.29) is 12.3 Å². The van der Waals surface area contributed by atoms with Crippen molar-refractivity contribution in [3.8, 4) is 11.5 Å². The minimum absolute atomic E-state index is 0.174. The summed E-state index contributed by atoms with van der Waals surface area (Å²) in [6.45, 7) is 0.500. The fourth-order valence-corrected chi connectivity index (χ4v) is 3.33. The quantitative estimate of drug-likeness (QED) is 0.900. The van der Waals surface area contributed by atoms with Gasteiger partial charge in [-0.15, -0.1) is 10.2 Å². The maximum Gasteiger partial charge on any atom is 0.326 e. The molecule has 0 bridgehead atoms. The lowest BCUT2D eigenvalue weighted by molar-refractivity contribution is -0.152. The summed E-state index contributed by atoms with van der Waals surface area (Å²) in [5, 5.41) is 21.0. The topological polar surface area (TPSA) is 96.5 Å². The summed E-state index contributed by atoms with van der Waals surface area (Å²) in [4.78, 5) is 25.0. The third kappa shape index (κ3) is 3.58. The van der Waals surface area contributed by atoms with Crippen LogP contribution in [0.3, 0.4) is 0 Å². The van der Waals surface area contributed by atoms with Crippen molar-refractivity contribution in [2.75, 3.05) is 6.54 Å². The van der Waals surface area contributed by atoms with Crippen LogP contribution in [0.25, 0.3) is 11.5 Å². The average Bonchev–Trinajstić information content (AvgIpc) is 3.23. The highest BCUT2D eigenvalue weighted by Gasteiger charge is 2.31. The van der Waals surface area contributed by atoms with Crippen molar-refractivity contribution in [3.63, 3.8) is 0 Å². The lowest BCUT2D eigenvalue weighted by Crippen LogP contribution is -2.48. The Bertz CT molecular complexity index is 683. The minimum Gasteiger partial charge on any atom is -0.480 e. The number of nitrogens with zero attached hydrogens (tertiary/aromatic N) is 3. The van der Waals surface area contributed by atoms with Crippen LogP contribution in [0.15, 0.2) is 21.2 Å². The number of aryl methyl sites for hydroxylation is 1. The number of likely N-dealkylation sites (tertiary alicyclic amines) is 1. The number of aliphatic carboxylic acids is 1. The molecule has 122 valence electrons. The highest BCUT2D eigenvalue weighted by molar-refractivity contribution is 7.08. The molecule has 8 heteroatoms. The maximum atomic E-state index is 12.3. The van der Waals surface area contributed by atoms with Crippen LogP contribution in [0.4, 0.5) is 0 Å². The van der Waals surface area contributed by atoms with Crippen LogP contribution < -0.4 is 0 Å². The molecule has 0 spiro atoms. The predicted molar refractivity (Wildman–Crippen MR) is 82.9 cm³/mol. The van der Waals surface area contributed by atoms with Gasteiger partial charge in [0.05, 0.1) is 0 Å². The molecule has 0 saturated carbocycles. The molecule has 7 nitrogen and oxygen atoms in total. The Labute approximate surface area is 136 Å². The van der Waals surface area contributed by atoms with Crippen LogP contribution in [0.2, 0.25) is 0 Å². The lowest BCUT2D eigenvalue weighted by atomic mass is 10.0. The Balaban J connectivity index is 1.59. The van der Waals surface area contributed by atoms with Crippen molar-refractivity contribution in [3.05, 3.63) is 22.7 Å². The molecule has 1 saturated heterocycles. The molecular weight excluding hydrogens is 318 g/mol. The van der Waals surface area contributed by atoms with E-state index >= 15 is 0 Å². The highest BCUT2D eigenvalue weighted by Crippen LogP contribution is 2.22. The van der Waals surface area contributed by atoms with E-state index in [4.69, 9.17) is 4.42 Å². The standard InChI is InChI=1S/C15H17N3O4S/c19-13(18-7-2-1-3-11(18)15(20)21)5-4-12-16-17-14(22-12)10-6-8-23-9-10/h6,8-9,11H,1-5,7H2,(H,20,21)/t11-/m1/s1. The highest BCUT2D eigenvalue weighted by atomic mass is 32.1. The van der Waals surface area contributed by atoms with E-state index in [1.54, 1.807) is 0 Å². The summed E-state index contributed by atoms with van der Waals surface area (Å²) in [5.41, 5.74) is 0.863. The van der Waals surface area contributed by atoms with E-state index < -0.39 is 12.0 Å². The third-order valence-electron chi connectivity index (χ3n) is 3.90. The van der Waals surface area contributed by atoms with Gasteiger partial charge in [-0.1, -0.05) is 0 Å². The number of thiophene rings is 1. The van der Waals surface area contributed by atoms with Crippen molar-refractivity contribution >= 4 is 23.2 Å². The first-order valence-electron chi connectivity index (χ1n) is 7.52. The molecule has 0 unspecified atom stereocenters. The number of carbonyl (C=O) groups excluding carboxylic acids is 1. The molecule has 1 aliphatic rings. The molecule has 0 aromatic carbocycles. The Kier molecular flexibility index (Phi) is 4.71. The third-order valence-corrected chi connectivity index (χ3v) is 4.58. The van der Waals surface area contributed by atoms with Crippen LogP contribution in [0.1, 0.15) is 31.6 Å². The zero-order valence-corrected chi connectivity index (χ0v) is 13.3. The van der Waals surface area contributed by atoms with Crippen LogP contribution >= 0.6 is 11.3 Å². The van der Waals surface area contributed by atoms with Gasteiger partial charge < -0.3 is 14.4 Å². The summed E-state index contributed by atoms with van der Waals surface area (Å²) in [5.74, 6) is -0.276. The summed E-state index contributed by atoms with van der Waals surface area (Å²) in [6, 6.07) is 1.18. The zero-order valence-electron chi connectivity index (χ0n) is 12.5. The zero-order chi connectivity index (χ0) is 16.2. The molecule has 2 aromatic heterocycles. The number of carboxylic acid groups (broad SMARTS) is 1. The molecule has 1 N–H and O–H groups in total. The van der Waals surface area contributed by atoms with E-state index in [1.807, 2.05) is 16.8 Å². The van der Waals surface area contributed by atoms with Gasteiger partial charge in [-0.3, -0.25) is 4.79 Å². The number of hydrogen-bond acceptors (Lipinski definition) is 6.